The molecule has 0 aromatic carbocycles. The van der Waals surface area contributed by atoms with Crippen LogP contribution in [0.5, 0.6) is 0 Å². The van der Waals surface area contributed by atoms with Crippen molar-refractivity contribution < 1.29 is 13.2 Å². The number of nitrogens with two attached hydrogens (primary N) is 1. The number of amides is 1. The first-order valence-electron chi connectivity index (χ1n) is 6.10. The molecule has 0 saturated carbocycles. The number of sulfone groups is 1. The highest BCUT2D eigenvalue weighted by Crippen LogP contribution is 2.15. The van der Waals surface area contributed by atoms with Crippen LogP contribution in [0.15, 0.2) is 0 Å². The Labute approximate surface area is 103 Å². The number of primary amides is 1. The Kier molecular flexibility index (Phi) is 5.39. The van der Waals surface area contributed by atoms with Crippen LogP contribution in [-0.4, -0.2) is 50.4 Å². The van der Waals surface area contributed by atoms with Gasteiger partial charge in [-0.25, -0.2) is 8.42 Å². The van der Waals surface area contributed by atoms with Gasteiger partial charge in [0, 0.05) is 13.0 Å². The molecule has 1 aliphatic rings. The van der Waals surface area contributed by atoms with E-state index in [9.17, 15) is 13.2 Å². The van der Waals surface area contributed by atoms with Gasteiger partial charge in [0.2, 0.25) is 5.91 Å². The number of hydrogen-bond acceptors (Lipinski definition) is 4. The van der Waals surface area contributed by atoms with Gasteiger partial charge in [0.05, 0.1) is 11.5 Å². The zero-order valence-electron chi connectivity index (χ0n) is 10.4. The minimum Gasteiger partial charge on any atom is -0.370 e. The molecule has 17 heavy (non-hydrogen) atoms. The summed E-state index contributed by atoms with van der Waals surface area (Å²) in [6.45, 7) is 4.76. The largest absolute Gasteiger partial charge is 0.370 e. The standard InChI is InChI=1S/C11H22N2O3S/c1-10-2-5-13(6-3-10)7-9-17(15,16)8-4-11(12)14/h10H,2-9H2,1H3,(H2,12,14). The highest BCUT2D eigenvalue weighted by Gasteiger charge is 2.18. The van der Waals surface area contributed by atoms with E-state index in [1.54, 1.807) is 0 Å². The van der Waals surface area contributed by atoms with E-state index in [1.807, 2.05) is 0 Å². The topological polar surface area (TPSA) is 80.5 Å². The van der Waals surface area contributed by atoms with E-state index in [4.69, 9.17) is 5.73 Å². The van der Waals surface area contributed by atoms with Crippen LogP contribution in [0.3, 0.4) is 0 Å². The molecule has 0 aliphatic carbocycles. The van der Waals surface area contributed by atoms with Crippen LogP contribution in [0.2, 0.25) is 0 Å². The molecule has 0 aromatic rings. The average Bonchev–Trinajstić information content (AvgIpc) is 2.26. The third-order valence-corrected chi connectivity index (χ3v) is 4.88. The number of likely N-dealkylation sites (tertiary alicyclic amines) is 1. The Hall–Kier alpha value is -0.620. The fraction of sp³-hybridized carbons (Fsp3) is 0.909. The van der Waals surface area contributed by atoms with Gasteiger partial charge in [-0.15, -0.1) is 0 Å². The molecule has 1 saturated heterocycles. The summed E-state index contributed by atoms with van der Waals surface area (Å²) in [5.41, 5.74) is 4.94. The highest BCUT2D eigenvalue weighted by atomic mass is 32.2. The number of carbonyl (C=O) groups excluding carboxylic acids is 1. The second-order valence-corrected chi connectivity index (χ2v) is 7.20. The van der Waals surface area contributed by atoms with Gasteiger partial charge in [0.15, 0.2) is 9.84 Å². The summed E-state index contributed by atoms with van der Waals surface area (Å²) in [6, 6.07) is 0. The van der Waals surface area contributed by atoms with Crippen LogP contribution in [-0.2, 0) is 14.6 Å². The van der Waals surface area contributed by atoms with Crippen molar-refractivity contribution in [3.8, 4) is 0 Å². The maximum Gasteiger partial charge on any atom is 0.218 e. The van der Waals surface area contributed by atoms with Crippen LogP contribution in [0.4, 0.5) is 0 Å². The second kappa shape index (κ2) is 6.35. The Morgan fingerprint density at radius 3 is 2.41 bits per heavy atom. The molecule has 6 heteroatoms. The molecule has 0 unspecified atom stereocenters. The van der Waals surface area contributed by atoms with Crippen molar-refractivity contribution in [3.05, 3.63) is 0 Å². The molecule has 1 heterocycles. The van der Waals surface area contributed by atoms with Crippen molar-refractivity contribution in [3.63, 3.8) is 0 Å². The molecule has 1 aliphatic heterocycles. The first-order valence-corrected chi connectivity index (χ1v) is 7.92. The van der Waals surface area contributed by atoms with Crippen molar-refractivity contribution in [2.45, 2.75) is 26.2 Å². The van der Waals surface area contributed by atoms with Crippen LogP contribution in [0.1, 0.15) is 26.2 Å². The number of carbonyl (C=O) groups is 1. The van der Waals surface area contributed by atoms with Crippen molar-refractivity contribution >= 4 is 15.7 Å². The van der Waals surface area contributed by atoms with Gasteiger partial charge in [-0.05, 0) is 31.8 Å². The van der Waals surface area contributed by atoms with E-state index in [0.29, 0.717) is 6.54 Å². The Morgan fingerprint density at radius 2 is 1.88 bits per heavy atom. The van der Waals surface area contributed by atoms with Crippen molar-refractivity contribution in [1.82, 2.24) is 4.90 Å². The zero-order chi connectivity index (χ0) is 12.9. The fourth-order valence-corrected chi connectivity index (χ4v) is 3.16. The van der Waals surface area contributed by atoms with Crippen LogP contribution >= 0.6 is 0 Å². The lowest BCUT2D eigenvalue weighted by Crippen LogP contribution is -2.36. The summed E-state index contributed by atoms with van der Waals surface area (Å²) in [5.74, 6) is 0.208. The number of hydrogen-bond donors (Lipinski definition) is 1. The lowest BCUT2D eigenvalue weighted by Gasteiger charge is -2.29. The molecule has 1 rings (SSSR count). The van der Waals surface area contributed by atoms with Crippen LogP contribution in [0, 0.1) is 5.92 Å². The van der Waals surface area contributed by atoms with Gasteiger partial charge in [-0.1, -0.05) is 6.92 Å². The average molecular weight is 262 g/mol. The second-order valence-electron chi connectivity index (χ2n) is 4.89. The van der Waals surface area contributed by atoms with Gasteiger partial charge < -0.3 is 10.6 Å². The monoisotopic (exact) mass is 262 g/mol. The summed E-state index contributed by atoms with van der Waals surface area (Å²) in [7, 11) is -3.13. The number of rotatable bonds is 6. The quantitative estimate of drug-likeness (QED) is 0.731. The Bertz CT molecular complexity index is 346. The molecular weight excluding hydrogens is 240 g/mol. The third-order valence-electron chi connectivity index (χ3n) is 3.25. The lowest BCUT2D eigenvalue weighted by atomic mass is 9.99. The maximum atomic E-state index is 11.6. The minimum absolute atomic E-state index is 0.0701. The molecule has 1 amide bonds. The van der Waals surface area contributed by atoms with Gasteiger partial charge in [-0.2, -0.15) is 0 Å². The molecule has 2 N–H and O–H groups in total. The first-order chi connectivity index (χ1) is 7.89. The third kappa shape index (κ3) is 6.02. The van der Waals surface area contributed by atoms with Crippen molar-refractivity contribution in [1.29, 1.82) is 0 Å². The summed E-state index contributed by atoms with van der Waals surface area (Å²) in [5, 5.41) is 0. The summed E-state index contributed by atoms with van der Waals surface area (Å²) >= 11 is 0. The van der Waals surface area contributed by atoms with E-state index in [0.717, 1.165) is 31.8 Å². The molecule has 100 valence electrons. The highest BCUT2D eigenvalue weighted by molar-refractivity contribution is 7.91. The van der Waals surface area contributed by atoms with Crippen molar-refractivity contribution in [2.24, 2.45) is 11.7 Å². The summed E-state index contributed by atoms with van der Waals surface area (Å²) in [4.78, 5) is 12.7. The van der Waals surface area contributed by atoms with E-state index in [-0.39, 0.29) is 17.9 Å². The summed E-state index contributed by atoms with van der Waals surface area (Å²) in [6.07, 6.45) is 2.21. The van der Waals surface area contributed by atoms with E-state index >= 15 is 0 Å². The molecule has 0 radical (unpaired) electrons. The Morgan fingerprint density at radius 1 is 1.29 bits per heavy atom. The SMILES string of the molecule is CC1CCN(CCS(=O)(=O)CCC(N)=O)CC1. The molecule has 0 bridgehead atoms. The normalized spacial score (nSPS) is 19.4. The molecule has 1 fully saturated rings. The fourth-order valence-electron chi connectivity index (χ4n) is 1.91. The number of piperidine rings is 1. The van der Waals surface area contributed by atoms with Gasteiger partial charge in [0.1, 0.15) is 0 Å². The molecule has 0 atom stereocenters. The van der Waals surface area contributed by atoms with Crippen LogP contribution in [0.25, 0.3) is 0 Å². The minimum atomic E-state index is -3.13. The van der Waals surface area contributed by atoms with Crippen LogP contribution < -0.4 is 5.73 Å². The summed E-state index contributed by atoms with van der Waals surface area (Å²) < 4.78 is 23.2. The molecule has 0 spiro atoms. The molecule has 5 nitrogen and oxygen atoms in total. The first kappa shape index (κ1) is 14.4. The van der Waals surface area contributed by atoms with E-state index in [2.05, 4.69) is 11.8 Å². The molecular formula is C11H22N2O3S. The smallest absolute Gasteiger partial charge is 0.218 e. The lowest BCUT2D eigenvalue weighted by molar-refractivity contribution is -0.117. The Balaban J connectivity index is 2.27. The van der Waals surface area contributed by atoms with E-state index in [1.165, 1.54) is 0 Å². The van der Waals surface area contributed by atoms with Crippen molar-refractivity contribution in [2.75, 3.05) is 31.1 Å². The predicted molar refractivity (Wildman–Crippen MR) is 67.3 cm³/mol. The predicted octanol–water partition coefficient (Wildman–Crippen LogP) is 0.00850. The number of nitrogens with zero attached hydrogens (tertiary/aromatic N) is 1. The zero-order valence-corrected chi connectivity index (χ0v) is 11.2. The maximum absolute atomic E-state index is 11.6. The van der Waals surface area contributed by atoms with Gasteiger partial charge >= 0.3 is 0 Å². The van der Waals surface area contributed by atoms with E-state index < -0.39 is 15.7 Å². The van der Waals surface area contributed by atoms with Gasteiger partial charge in [-0.3, -0.25) is 4.79 Å². The van der Waals surface area contributed by atoms with Gasteiger partial charge in [0.25, 0.3) is 0 Å². The molecule has 0 aromatic heterocycles.